The Morgan fingerprint density at radius 2 is 1.21 bits per heavy atom. The number of hydrogen-bond donors (Lipinski definition) is 11. The van der Waals surface area contributed by atoms with E-state index in [0.29, 0.717) is 38.5 Å². The first kappa shape index (κ1) is 51.9. The predicted molar refractivity (Wildman–Crippen MR) is 213 cm³/mol. The third-order valence-corrected chi connectivity index (χ3v) is 13.4. The number of aliphatic carboxylic acids is 2. The van der Waals surface area contributed by atoms with Crippen molar-refractivity contribution in [3.05, 3.63) is 12.2 Å². The lowest BCUT2D eigenvalue weighted by Gasteiger charge is -2.50. The number of carboxylic acid groups (broad SMARTS) is 2. The third-order valence-electron chi connectivity index (χ3n) is 13.4. The Morgan fingerprint density at radius 3 is 1.88 bits per heavy atom. The molecule has 0 spiro atoms. The molecule has 0 aromatic heterocycles. The van der Waals surface area contributed by atoms with Gasteiger partial charge in [-0.05, 0) is 57.3 Å². The summed E-state index contributed by atoms with van der Waals surface area (Å²) in [5.74, 6) is -7.47. The molecule has 6 fully saturated rings. The fraction of sp³-hybridized carbons (Fsp3) is 0.833. The highest BCUT2D eigenvalue weighted by Crippen LogP contribution is 2.44. The van der Waals surface area contributed by atoms with Gasteiger partial charge in [-0.1, -0.05) is 6.08 Å². The zero-order valence-electron chi connectivity index (χ0n) is 35.9. The predicted octanol–water partition coefficient (Wildman–Crippen LogP) is -3.97. The van der Waals surface area contributed by atoms with Crippen LogP contribution >= 0.6 is 0 Å². The van der Waals surface area contributed by atoms with Crippen LogP contribution in [0.25, 0.3) is 0 Å². The quantitative estimate of drug-likeness (QED) is 0.0231. The van der Waals surface area contributed by atoms with Crippen molar-refractivity contribution in [2.75, 3.05) is 13.2 Å². The summed E-state index contributed by atoms with van der Waals surface area (Å²) in [6, 6.07) is 0. The second-order valence-electron chi connectivity index (χ2n) is 18.2. The summed E-state index contributed by atoms with van der Waals surface area (Å²) >= 11 is 0. The lowest BCUT2D eigenvalue weighted by Crippen LogP contribution is -2.64. The molecule has 12 N–H and O–H groups in total. The molecule has 6 rings (SSSR count). The summed E-state index contributed by atoms with van der Waals surface area (Å²) in [6.45, 7) is -1.39. The Morgan fingerprint density at radius 1 is 0.591 bits per heavy atom. The molecule has 6 aliphatic rings. The van der Waals surface area contributed by atoms with Crippen molar-refractivity contribution >= 4 is 29.8 Å². The van der Waals surface area contributed by atoms with Crippen molar-refractivity contribution in [2.24, 2.45) is 17.8 Å². The van der Waals surface area contributed by atoms with Gasteiger partial charge in [-0.3, -0.25) is 19.2 Å². The first-order chi connectivity index (χ1) is 31.3. The van der Waals surface area contributed by atoms with Crippen molar-refractivity contribution in [3.63, 3.8) is 0 Å². The van der Waals surface area contributed by atoms with Crippen LogP contribution in [0.2, 0.25) is 0 Å². The maximum Gasteiger partial charge on any atom is 0.330 e. The maximum absolute atomic E-state index is 12.7. The van der Waals surface area contributed by atoms with Gasteiger partial charge < -0.3 is 94.1 Å². The normalized spacial score (nSPS) is 43.0. The highest BCUT2D eigenvalue weighted by atomic mass is 16.7. The van der Waals surface area contributed by atoms with Crippen molar-refractivity contribution in [1.82, 2.24) is 0 Å². The summed E-state index contributed by atoms with van der Waals surface area (Å²) < 4.78 is 45.0. The number of carboxylic acids is 2. The van der Waals surface area contributed by atoms with E-state index in [9.17, 15) is 69.9 Å². The molecule has 374 valence electrons. The van der Waals surface area contributed by atoms with Gasteiger partial charge in [0.2, 0.25) is 0 Å². The topological polar surface area (TPSA) is 385 Å². The van der Waals surface area contributed by atoms with E-state index < -0.39 is 172 Å². The average molecular weight is 952 g/mol. The maximum atomic E-state index is 12.7. The van der Waals surface area contributed by atoms with Crippen LogP contribution in [0.4, 0.5) is 0 Å². The van der Waals surface area contributed by atoms with Crippen molar-refractivity contribution in [2.45, 2.75) is 187 Å². The smallest absolute Gasteiger partial charge is 0.330 e. The summed E-state index contributed by atoms with van der Waals surface area (Å²) in [5.41, 5.74) is 0. The van der Waals surface area contributed by atoms with Gasteiger partial charge in [-0.15, -0.1) is 0 Å². The van der Waals surface area contributed by atoms with Gasteiger partial charge in [-0.25, -0.2) is 4.79 Å². The number of fused-ring (bicyclic) bond motifs is 1. The third kappa shape index (κ3) is 13.4. The highest BCUT2D eigenvalue weighted by molar-refractivity contribution is 5.90. The number of hydrogen-bond acceptors (Lipinski definition) is 21. The van der Waals surface area contributed by atoms with Crippen LogP contribution in [-0.2, 0) is 57.1 Å². The second-order valence-corrected chi connectivity index (χ2v) is 18.2. The van der Waals surface area contributed by atoms with Gasteiger partial charge in [-0.2, -0.15) is 0 Å². The minimum absolute atomic E-state index is 0.0692. The number of rotatable bonds is 16. The van der Waals surface area contributed by atoms with Crippen LogP contribution in [0.1, 0.15) is 77.0 Å². The first-order valence-electron chi connectivity index (χ1n) is 22.4. The molecule has 24 heteroatoms. The second kappa shape index (κ2) is 23.2. The largest absolute Gasteiger partial charge is 0.481 e. The van der Waals surface area contributed by atoms with E-state index in [4.69, 9.17) is 48.1 Å². The fourth-order valence-corrected chi connectivity index (χ4v) is 9.85. The summed E-state index contributed by atoms with van der Waals surface area (Å²) in [4.78, 5) is 59.3. The summed E-state index contributed by atoms with van der Waals surface area (Å²) in [7, 11) is 0. The SMILES string of the molecule is O=C(O)CC(=O)OCC1OC(OC2CC(O)CC3[OH+]C(C4CCC(O)CC4)C(OC4OC(COC(=O)C=CC5CCC(O)C(O)C5)C(O)C(O)C4O)CC23)C(O)C(O)C1OC(=O)CC(=O)O. The van der Waals surface area contributed by atoms with Crippen LogP contribution in [0.15, 0.2) is 12.2 Å². The van der Waals surface area contributed by atoms with E-state index in [2.05, 4.69) is 0 Å². The molecule has 19 unspecified atom stereocenters. The molecule has 24 nitrogen and oxygen atoms in total. The van der Waals surface area contributed by atoms with E-state index in [1.165, 1.54) is 0 Å². The van der Waals surface area contributed by atoms with Crippen molar-refractivity contribution < 1.29 is 118 Å². The van der Waals surface area contributed by atoms with Gasteiger partial charge in [0.1, 0.15) is 74.9 Å². The van der Waals surface area contributed by atoms with Crippen LogP contribution in [0, 0.1) is 17.8 Å². The minimum atomic E-state index is -2.02. The molecule has 3 heterocycles. The van der Waals surface area contributed by atoms with E-state index in [0.717, 1.165) is 6.08 Å². The van der Waals surface area contributed by atoms with Crippen LogP contribution in [0.5, 0.6) is 0 Å². The van der Waals surface area contributed by atoms with E-state index in [1.807, 2.05) is 0 Å². The fourth-order valence-electron chi connectivity index (χ4n) is 9.85. The Bertz CT molecular complexity index is 1690. The minimum Gasteiger partial charge on any atom is -0.481 e. The molecular weight excluding hydrogens is 888 g/mol. The molecule has 0 aromatic carbocycles. The van der Waals surface area contributed by atoms with Gasteiger partial charge >= 0.3 is 29.8 Å². The van der Waals surface area contributed by atoms with E-state index >= 15 is 0 Å². The van der Waals surface area contributed by atoms with Crippen LogP contribution in [0.3, 0.4) is 0 Å². The lowest BCUT2D eigenvalue weighted by atomic mass is 9.73. The van der Waals surface area contributed by atoms with E-state index in [1.54, 1.807) is 6.08 Å². The number of ether oxygens (including phenoxy) is 8. The van der Waals surface area contributed by atoms with Gasteiger partial charge in [0.15, 0.2) is 30.9 Å². The summed E-state index contributed by atoms with van der Waals surface area (Å²) in [5, 5.41) is 115. The van der Waals surface area contributed by atoms with E-state index in [-0.39, 0.29) is 37.5 Å². The first-order valence-corrected chi connectivity index (χ1v) is 22.4. The van der Waals surface area contributed by atoms with Crippen LogP contribution in [-0.4, -0.2) is 214 Å². The molecule has 0 aromatic rings. The monoisotopic (exact) mass is 951 g/mol. The average Bonchev–Trinajstić information content (AvgIpc) is 3.25. The van der Waals surface area contributed by atoms with Crippen molar-refractivity contribution in [3.8, 4) is 0 Å². The van der Waals surface area contributed by atoms with Gasteiger partial charge in [0, 0.05) is 24.8 Å². The zero-order valence-corrected chi connectivity index (χ0v) is 35.9. The molecule has 3 saturated carbocycles. The van der Waals surface area contributed by atoms with Gasteiger partial charge in [0.05, 0.1) is 36.4 Å². The number of aliphatic hydroxyl groups excluding tert-OH is 9. The number of aliphatic hydroxyl groups is 11. The lowest BCUT2D eigenvalue weighted by molar-refractivity contribution is -0.366. The molecule has 3 saturated heterocycles. The number of esters is 3. The highest BCUT2D eigenvalue weighted by Gasteiger charge is 2.57. The Kier molecular flexibility index (Phi) is 18.3. The zero-order chi connectivity index (χ0) is 48.0. The molecule has 0 radical (unpaired) electrons. The van der Waals surface area contributed by atoms with Gasteiger partial charge in [0.25, 0.3) is 0 Å². The standard InChI is InChI=1S/C42H62O24/c43-19-5-3-18(4-6-19)39-26(63-41-37(57)35(55)34(54)27(64-41)15-59-31(51)8-2-17-1-7-22(45)23(46)9-17)12-21-24(61-39)10-20(44)11-25(21)62-42-38(58)36(56)40(66-33(53)14-30(49)50)28(65-42)16-60-32(52)13-29(47)48/h2,8,17-28,34-46,54-58H,1,3-7,9-16H2,(H,47,48)(H,49,50)/p+1. The molecule has 3 aliphatic carbocycles. The molecule has 19 atom stereocenters. The number of carbonyl (C=O) groups excluding carboxylic acids is 3. The molecule has 3 aliphatic heterocycles. The molecular formula is C42H63O24+. The number of carbonyl (C=O) groups is 5. The molecule has 66 heavy (non-hydrogen) atoms. The summed E-state index contributed by atoms with van der Waals surface area (Å²) in [6.07, 6.45) is -20.2. The van der Waals surface area contributed by atoms with Crippen LogP contribution < -0.4 is 0 Å². The Hall–Kier alpha value is -3.47. The number of allylic oxidation sites excluding steroid dienone is 1. The Balaban J connectivity index is 1.17. The molecule has 0 bridgehead atoms. The van der Waals surface area contributed by atoms with Crippen molar-refractivity contribution in [1.29, 1.82) is 0 Å². The Labute approximate surface area is 377 Å². The molecule has 0 amide bonds.